The molecule has 1 aromatic rings. The van der Waals surface area contributed by atoms with E-state index in [0.29, 0.717) is 0 Å². The molecule has 0 bridgehead atoms. The van der Waals surface area contributed by atoms with Crippen LogP contribution in [0.25, 0.3) is 0 Å². The third-order valence-electron chi connectivity index (χ3n) is 2.65. The number of nitrogens with zero attached hydrogens (tertiary/aromatic N) is 2. The highest BCUT2D eigenvalue weighted by Crippen LogP contribution is 2.23. The van der Waals surface area contributed by atoms with Gasteiger partial charge >= 0.3 is 0 Å². The summed E-state index contributed by atoms with van der Waals surface area (Å²) >= 11 is 0. The molecule has 4 nitrogen and oxygen atoms in total. The van der Waals surface area contributed by atoms with Crippen LogP contribution in [0, 0.1) is 0 Å². The fraction of sp³-hybridized carbons (Fsp3) is 0.600. The van der Waals surface area contributed by atoms with Crippen LogP contribution in [0.2, 0.25) is 0 Å². The van der Waals surface area contributed by atoms with Crippen molar-refractivity contribution < 1.29 is 5.21 Å². The van der Waals surface area contributed by atoms with Gasteiger partial charge in [-0.25, -0.2) is 0 Å². The molecule has 0 unspecified atom stereocenters. The molecule has 1 aromatic heterocycles. The lowest BCUT2D eigenvalue weighted by molar-refractivity contribution is 0.317. The van der Waals surface area contributed by atoms with Gasteiger partial charge < -0.3 is 5.21 Å². The first kappa shape index (κ1) is 9.24. The molecule has 0 radical (unpaired) electrons. The van der Waals surface area contributed by atoms with Gasteiger partial charge in [0.05, 0.1) is 11.4 Å². The molecule has 76 valence electrons. The van der Waals surface area contributed by atoms with E-state index in [2.05, 4.69) is 22.3 Å². The Morgan fingerprint density at radius 2 is 2.36 bits per heavy atom. The van der Waals surface area contributed by atoms with Crippen LogP contribution < -0.4 is 0 Å². The van der Waals surface area contributed by atoms with Crippen molar-refractivity contribution in [2.45, 2.75) is 39.0 Å². The lowest BCUT2D eigenvalue weighted by Crippen LogP contribution is -2.12. The van der Waals surface area contributed by atoms with Gasteiger partial charge in [-0.05, 0) is 25.7 Å². The molecule has 1 heterocycles. The van der Waals surface area contributed by atoms with Gasteiger partial charge in [-0.2, -0.15) is 5.10 Å². The molecule has 14 heavy (non-hydrogen) atoms. The predicted octanol–water partition coefficient (Wildman–Crippen LogP) is 1.88. The standard InChI is InChI=1S/C10H15N3O/c1-2-4-7-10-8(12-11-7)5-3-6-9(10)13-14/h14H,2-6H2,1H3,(H,11,12)/b13-9+. The number of aromatic amines is 1. The molecule has 0 aromatic carbocycles. The minimum atomic E-state index is 0.795. The second-order valence-corrected chi connectivity index (χ2v) is 3.67. The monoisotopic (exact) mass is 193 g/mol. The van der Waals surface area contributed by atoms with E-state index in [4.69, 9.17) is 5.21 Å². The Labute approximate surface area is 83.0 Å². The first-order valence-corrected chi connectivity index (χ1v) is 5.14. The van der Waals surface area contributed by atoms with Crippen molar-refractivity contribution in [1.29, 1.82) is 0 Å². The Kier molecular flexibility index (Phi) is 2.52. The van der Waals surface area contributed by atoms with E-state index in [9.17, 15) is 0 Å². The Hall–Kier alpha value is -1.32. The van der Waals surface area contributed by atoms with E-state index in [1.54, 1.807) is 0 Å². The highest BCUT2D eigenvalue weighted by molar-refractivity contribution is 6.02. The molecule has 0 aliphatic heterocycles. The zero-order valence-electron chi connectivity index (χ0n) is 8.38. The number of oxime groups is 1. The molecule has 4 heteroatoms. The molecule has 0 saturated carbocycles. The van der Waals surface area contributed by atoms with Crippen LogP contribution in [-0.2, 0) is 12.8 Å². The van der Waals surface area contributed by atoms with Gasteiger partial charge in [0, 0.05) is 11.3 Å². The summed E-state index contributed by atoms with van der Waals surface area (Å²) in [7, 11) is 0. The SMILES string of the molecule is CCCc1n[nH]c2c1/C(=N/O)CCC2. The largest absolute Gasteiger partial charge is 0.411 e. The number of aryl methyl sites for hydroxylation is 2. The summed E-state index contributed by atoms with van der Waals surface area (Å²) in [6.45, 7) is 2.12. The van der Waals surface area contributed by atoms with Crippen LogP contribution in [0.1, 0.15) is 43.1 Å². The van der Waals surface area contributed by atoms with Crippen LogP contribution in [0.15, 0.2) is 5.16 Å². The van der Waals surface area contributed by atoms with Crippen LogP contribution in [0.5, 0.6) is 0 Å². The van der Waals surface area contributed by atoms with Crippen LogP contribution >= 0.6 is 0 Å². The number of H-pyrrole nitrogens is 1. The third kappa shape index (κ3) is 1.41. The predicted molar refractivity (Wildman–Crippen MR) is 53.8 cm³/mol. The number of hydrogen-bond acceptors (Lipinski definition) is 3. The number of fused-ring (bicyclic) bond motifs is 1. The zero-order chi connectivity index (χ0) is 9.97. The van der Waals surface area contributed by atoms with Crippen molar-refractivity contribution in [1.82, 2.24) is 10.2 Å². The van der Waals surface area contributed by atoms with E-state index >= 15 is 0 Å². The van der Waals surface area contributed by atoms with Gasteiger partial charge in [0.25, 0.3) is 0 Å². The van der Waals surface area contributed by atoms with Gasteiger partial charge in [-0.3, -0.25) is 5.10 Å². The summed E-state index contributed by atoms with van der Waals surface area (Å²) < 4.78 is 0. The molecule has 1 aliphatic carbocycles. The molecule has 0 fully saturated rings. The summed E-state index contributed by atoms with van der Waals surface area (Å²) in [5.41, 5.74) is 4.05. The molecular formula is C10H15N3O. The van der Waals surface area contributed by atoms with E-state index in [1.807, 2.05) is 0 Å². The highest BCUT2D eigenvalue weighted by atomic mass is 16.4. The molecule has 0 amide bonds. The summed E-state index contributed by atoms with van der Waals surface area (Å²) in [6.07, 6.45) is 4.94. The van der Waals surface area contributed by atoms with Crippen LogP contribution in [0.4, 0.5) is 0 Å². The van der Waals surface area contributed by atoms with Crippen LogP contribution in [0.3, 0.4) is 0 Å². The van der Waals surface area contributed by atoms with Crippen molar-refractivity contribution in [2.24, 2.45) is 5.16 Å². The maximum absolute atomic E-state index is 8.90. The van der Waals surface area contributed by atoms with Gasteiger partial charge in [0.15, 0.2) is 0 Å². The average Bonchev–Trinajstić information content (AvgIpc) is 2.62. The Balaban J connectivity index is 2.41. The minimum absolute atomic E-state index is 0.795. The second kappa shape index (κ2) is 3.82. The summed E-state index contributed by atoms with van der Waals surface area (Å²) in [6, 6.07) is 0. The maximum Gasteiger partial charge on any atom is 0.0905 e. The fourth-order valence-corrected chi connectivity index (χ4v) is 2.02. The molecule has 0 spiro atoms. The normalized spacial score (nSPS) is 18.5. The minimum Gasteiger partial charge on any atom is -0.411 e. The maximum atomic E-state index is 8.90. The number of nitrogens with one attached hydrogen (secondary N) is 1. The number of hydrogen-bond donors (Lipinski definition) is 2. The smallest absolute Gasteiger partial charge is 0.0905 e. The van der Waals surface area contributed by atoms with Crippen molar-refractivity contribution in [3.05, 3.63) is 17.0 Å². The van der Waals surface area contributed by atoms with E-state index in [1.165, 1.54) is 0 Å². The van der Waals surface area contributed by atoms with Crippen molar-refractivity contribution in [2.75, 3.05) is 0 Å². The van der Waals surface area contributed by atoms with Gasteiger partial charge in [0.2, 0.25) is 0 Å². The zero-order valence-corrected chi connectivity index (χ0v) is 8.38. The van der Waals surface area contributed by atoms with Crippen molar-refractivity contribution >= 4 is 5.71 Å². The summed E-state index contributed by atoms with van der Waals surface area (Å²) in [5, 5.41) is 19.6. The van der Waals surface area contributed by atoms with E-state index in [0.717, 1.165) is 54.8 Å². The number of aromatic nitrogens is 2. The molecule has 1 aliphatic rings. The van der Waals surface area contributed by atoms with Crippen molar-refractivity contribution in [3.63, 3.8) is 0 Å². The molecular weight excluding hydrogens is 178 g/mol. The first-order chi connectivity index (χ1) is 6.86. The lowest BCUT2D eigenvalue weighted by Gasteiger charge is -2.12. The quantitative estimate of drug-likeness (QED) is 0.556. The van der Waals surface area contributed by atoms with Gasteiger partial charge in [-0.1, -0.05) is 18.5 Å². The molecule has 2 N–H and O–H groups in total. The van der Waals surface area contributed by atoms with Crippen LogP contribution in [-0.4, -0.2) is 21.1 Å². The molecule has 0 saturated heterocycles. The highest BCUT2D eigenvalue weighted by Gasteiger charge is 2.22. The summed E-state index contributed by atoms with van der Waals surface area (Å²) in [5.74, 6) is 0. The molecule has 0 atom stereocenters. The Morgan fingerprint density at radius 1 is 1.50 bits per heavy atom. The van der Waals surface area contributed by atoms with Crippen molar-refractivity contribution in [3.8, 4) is 0 Å². The average molecular weight is 193 g/mol. The Morgan fingerprint density at radius 3 is 3.07 bits per heavy atom. The fourth-order valence-electron chi connectivity index (χ4n) is 2.02. The topological polar surface area (TPSA) is 61.3 Å². The Bertz CT molecular complexity index is 354. The number of rotatable bonds is 2. The van der Waals surface area contributed by atoms with Gasteiger partial charge in [-0.15, -0.1) is 0 Å². The van der Waals surface area contributed by atoms with E-state index in [-0.39, 0.29) is 0 Å². The first-order valence-electron chi connectivity index (χ1n) is 5.14. The third-order valence-corrected chi connectivity index (χ3v) is 2.65. The second-order valence-electron chi connectivity index (χ2n) is 3.67. The summed E-state index contributed by atoms with van der Waals surface area (Å²) in [4.78, 5) is 0. The van der Waals surface area contributed by atoms with Gasteiger partial charge in [0.1, 0.15) is 0 Å². The molecule has 2 rings (SSSR count). The lowest BCUT2D eigenvalue weighted by atomic mass is 9.93. The van der Waals surface area contributed by atoms with E-state index < -0.39 is 0 Å².